The number of nitrogens with one attached hydrogen (secondary N) is 1. The van der Waals surface area contributed by atoms with Crippen LogP contribution in [0.5, 0.6) is 0 Å². The van der Waals surface area contributed by atoms with E-state index in [-0.39, 0.29) is 6.61 Å². The Morgan fingerprint density at radius 3 is 2.83 bits per heavy atom. The third-order valence-electron chi connectivity index (χ3n) is 2.08. The van der Waals surface area contributed by atoms with E-state index in [1.54, 1.807) is 6.08 Å². The summed E-state index contributed by atoms with van der Waals surface area (Å²) in [5.41, 5.74) is -0.433. The number of aliphatic hydroxyl groups is 2. The number of β-amino-alcohol motifs (C(OH)–C–C–N with tert-alkyl or cyclic N) is 1. The van der Waals surface area contributed by atoms with Crippen LogP contribution in [0.2, 0.25) is 0 Å². The second kappa shape index (κ2) is 3.85. The van der Waals surface area contributed by atoms with Gasteiger partial charge in [-0.25, -0.2) is 0 Å². The van der Waals surface area contributed by atoms with E-state index < -0.39 is 11.6 Å². The third kappa shape index (κ3) is 1.94. The van der Waals surface area contributed by atoms with Gasteiger partial charge in [0.15, 0.2) is 0 Å². The summed E-state index contributed by atoms with van der Waals surface area (Å²) in [4.78, 5) is 0. The first-order valence-electron chi connectivity index (χ1n) is 4.09. The third-order valence-corrected chi connectivity index (χ3v) is 2.08. The van der Waals surface area contributed by atoms with Gasteiger partial charge in [0.2, 0.25) is 0 Å². The first-order chi connectivity index (χ1) is 5.69. The average molecular weight is 169 g/mol. The Bertz CT molecular complexity index is 201. The number of aliphatic hydroxyl groups excluding tert-OH is 2. The van der Waals surface area contributed by atoms with Crippen molar-refractivity contribution in [3.63, 3.8) is 0 Å². The molecule has 0 spiro atoms. The molecule has 0 aromatic heterocycles. The minimum absolute atomic E-state index is 0.0832. The zero-order valence-electron chi connectivity index (χ0n) is 7.20. The van der Waals surface area contributed by atoms with Gasteiger partial charge in [-0.05, 0) is 6.92 Å². The molecule has 0 aliphatic heterocycles. The first-order valence-corrected chi connectivity index (χ1v) is 4.09. The number of hydrogen-bond acceptors (Lipinski definition) is 3. The lowest BCUT2D eigenvalue weighted by molar-refractivity contribution is 0.132. The molecular formula is C9H15NO2. The van der Waals surface area contributed by atoms with E-state index in [9.17, 15) is 5.11 Å². The Balaban J connectivity index is 2.57. The van der Waals surface area contributed by atoms with Crippen molar-refractivity contribution in [1.82, 2.24) is 5.32 Å². The lowest BCUT2D eigenvalue weighted by Crippen LogP contribution is -2.51. The van der Waals surface area contributed by atoms with Crippen LogP contribution in [0.15, 0.2) is 24.3 Å². The van der Waals surface area contributed by atoms with Gasteiger partial charge in [-0.2, -0.15) is 0 Å². The van der Waals surface area contributed by atoms with Crippen LogP contribution in [0, 0.1) is 0 Å². The fourth-order valence-electron chi connectivity index (χ4n) is 1.21. The van der Waals surface area contributed by atoms with Gasteiger partial charge in [0.25, 0.3) is 0 Å². The van der Waals surface area contributed by atoms with E-state index in [4.69, 9.17) is 5.11 Å². The van der Waals surface area contributed by atoms with Gasteiger partial charge in [-0.3, -0.25) is 0 Å². The molecule has 0 radical (unpaired) electrons. The second-order valence-electron chi connectivity index (χ2n) is 3.12. The topological polar surface area (TPSA) is 52.5 Å². The summed E-state index contributed by atoms with van der Waals surface area (Å²) in [6, 6.07) is 0. The van der Waals surface area contributed by atoms with Gasteiger partial charge in [0.1, 0.15) is 0 Å². The number of allylic oxidation sites excluding steroid dienone is 2. The molecule has 2 unspecified atom stereocenters. The average Bonchev–Trinajstić information content (AvgIpc) is 2.07. The monoisotopic (exact) mass is 169 g/mol. The van der Waals surface area contributed by atoms with E-state index in [1.165, 1.54) is 0 Å². The lowest BCUT2D eigenvalue weighted by Gasteiger charge is -2.32. The Morgan fingerprint density at radius 2 is 2.25 bits per heavy atom. The molecule has 0 bridgehead atoms. The summed E-state index contributed by atoms with van der Waals surface area (Å²) in [6.07, 6.45) is 6.80. The summed E-state index contributed by atoms with van der Waals surface area (Å²) in [6.45, 7) is 2.47. The predicted molar refractivity (Wildman–Crippen MR) is 47.8 cm³/mol. The van der Waals surface area contributed by atoms with Gasteiger partial charge in [0.05, 0.1) is 18.2 Å². The molecule has 3 nitrogen and oxygen atoms in total. The summed E-state index contributed by atoms with van der Waals surface area (Å²) in [7, 11) is 0. The van der Waals surface area contributed by atoms with Gasteiger partial charge in [-0.1, -0.05) is 24.3 Å². The van der Waals surface area contributed by atoms with Crippen molar-refractivity contribution in [2.24, 2.45) is 0 Å². The van der Waals surface area contributed by atoms with E-state index in [0.29, 0.717) is 6.54 Å². The quantitative estimate of drug-likeness (QED) is 0.549. The van der Waals surface area contributed by atoms with Crippen molar-refractivity contribution in [2.45, 2.75) is 18.6 Å². The van der Waals surface area contributed by atoms with Crippen molar-refractivity contribution >= 4 is 0 Å². The summed E-state index contributed by atoms with van der Waals surface area (Å²) in [5, 5.41) is 21.2. The minimum atomic E-state index is -0.519. The summed E-state index contributed by atoms with van der Waals surface area (Å²) in [5.74, 6) is 0. The Labute approximate surface area is 72.4 Å². The number of rotatable bonds is 3. The van der Waals surface area contributed by atoms with Crippen LogP contribution in [0.4, 0.5) is 0 Å². The molecular weight excluding hydrogens is 154 g/mol. The molecule has 0 heterocycles. The summed E-state index contributed by atoms with van der Waals surface area (Å²) < 4.78 is 0. The molecule has 0 saturated heterocycles. The Morgan fingerprint density at radius 1 is 1.50 bits per heavy atom. The van der Waals surface area contributed by atoms with Gasteiger partial charge >= 0.3 is 0 Å². The molecule has 3 heteroatoms. The Kier molecular flexibility index (Phi) is 3.03. The molecule has 68 valence electrons. The van der Waals surface area contributed by atoms with Crippen molar-refractivity contribution in [3.05, 3.63) is 24.3 Å². The van der Waals surface area contributed by atoms with E-state index in [1.807, 2.05) is 25.2 Å². The minimum Gasteiger partial charge on any atom is -0.395 e. The van der Waals surface area contributed by atoms with Crippen LogP contribution in [-0.4, -0.2) is 35.0 Å². The molecule has 12 heavy (non-hydrogen) atoms. The maximum Gasteiger partial charge on any atom is 0.0938 e. The molecule has 0 aromatic carbocycles. The molecule has 2 atom stereocenters. The van der Waals surface area contributed by atoms with Crippen LogP contribution < -0.4 is 5.32 Å². The van der Waals surface area contributed by atoms with Crippen LogP contribution in [0.25, 0.3) is 0 Å². The maximum absolute atomic E-state index is 9.57. The highest BCUT2D eigenvalue weighted by Crippen LogP contribution is 2.16. The largest absolute Gasteiger partial charge is 0.395 e. The SMILES string of the molecule is CC1(NCCO)C=CC=CC1O. The van der Waals surface area contributed by atoms with Gasteiger partial charge in [-0.15, -0.1) is 0 Å². The molecule has 0 fully saturated rings. The maximum atomic E-state index is 9.57. The first kappa shape index (κ1) is 9.45. The predicted octanol–water partition coefficient (Wildman–Crippen LogP) is -0.186. The standard InChI is InChI=1S/C9H15NO2/c1-9(10-6-7-11)5-3-2-4-8(9)12/h2-5,8,10-12H,6-7H2,1H3. The van der Waals surface area contributed by atoms with Gasteiger partial charge < -0.3 is 15.5 Å². The molecule has 1 aliphatic rings. The molecule has 1 aliphatic carbocycles. The van der Waals surface area contributed by atoms with Crippen molar-refractivity contribution in [3.8, 4) is 0 Å². The van der Waals surface area contributed by atoms with Crippen molar-refractivity contribution in [1.29, 1.82) is 0 Å². The highest BCUT2D eigenvalue weighted by molar-refractivity contribution is 5.24. The highest BCUT2D eigenvalue weighted by Gasteiger charge is 2.28. The fourth-order valence-corrected chi connectivity index (χ4v) is 1.21. The van der Waals surface area contributed by atoms with E-state index in [2.05, 4.69) is 5.32 Å². The smallest absolute Gasteiger partial charge is 0.0938 e. The molecule has 0 amide bonds. The fraction of sp³-hybridized carbons (Fsp3) is 0.556. The number of hydrogen-bond donors (Lipinski definition) is 3. The van der Waals surface area contributed by atoms with E-state index in [0.717, 1.165) is 0 Å². The van der Waals surface area contributed by atoms with E-state index >= 15 is 0 Å². The van der Waals surface area contributed by atoms with Crippen LogP contribution in [0.3, 0.4) is 0 Å². The molecule has 3 N–H and O–H groups in total. The molecule has 0 saturated carbocycles. The normalized spacial score (nSPS) is 34.1. The second-order valence-corrected chi connectivity index (χ2v) is 3.12. The zero-order valence-corrected chi connectivity index (χ0v) is 7.20. The van der Waals surface area contributed by atoms with Gasteiger partial charge in [0, 0.05) is 6.54 Å². The van der Waals surface area contributed by atoms with Crippen molar-refractivity contribution < 1.29 is 10.2 Å². The highest BCUT2D eigenvalue weighted by atomic mass is 16.3. The zero-order chi connectivity index (χ0) is 9.03. The van der Waals surface area contributed by atoms with Crippen molar-refractivity contribution in [2.75, 3.05) is 13.2 Å². The Hall–Kier alpha value is -0.640. The lowest BCUT2D eigenvalue weighted by atomic mass is 9.90. The molecule has 1 rings (SSSR count). The summed E-state index contributed by atoms with van der Waals surface area (Å²) >= 11 is 0. The van der Waals surface area contributed by atoms with Crippen LogP contribution in [-0.2, 0) is 0 Å². The van der Waals surface area contributed by atoms with Crippen LogP contribution in [0.1, 0.15) is 6.92 Å². The van der Waals surface area contributed by atoms with Crippen LogP contribution >= 0.6 is 0 Å². The molecule has 0 aromatic rings.